The number of aromatic nitrogens is 4. The Balaban J connectivity index is 1.22. The molecular weight excluding hydrogens is 437 g/mol. The van der Waals surface area contributed by atoms with Crippen molar-refractivity contribution >= 4 is 5.91 Å². The van der Waals surface area contributed by atoms with Gasteiger partial charge in [-0.1, -0.05) is 18.2 Å². The highest BCUT2D eigenvalue weighted by atomic mass is 19.1. The summed E-state index contributed by atoms with van der Waals surface area (Å²) in [5, 5.41) is 20.5. The number of hydrogen-bond donors (Lipinski definition) is 0. The number of amides is 1. The Hall–Kier alpha value is -3.68. The van der Waals surface area contributed by atoms with Gasteiger partial charge in [0.05, 0.1) is 36.4 Å². The van der Waals surface area contributed by atoms with Crippen LogP contribution in [0.3, 0.4) is 0 Å². The molecule has 3 heterocycles. The molecule has 1 aromatic heterocycles. The van der Waals surface area contributed by atoms with Crippen LogP contribution in [0.15, 0.2) is 42.7 Å². The third-order valence-electron chi connectivity index (χ3n) is 6.64. The number of hydrogen-bond acceptors (Lipinski definition) is 7. The number of halogens is 1. The van der Waals surface area contributed by atoms with Gasteiger partial charge in [0.1, 0.15) is 18.2 Å². The lowest BCUT2D eigenvalue weighted by atomic mass is 9.96. The molecule has 2 aromatic carbocycles. The number of piperazine rings is 1. The standard InChI is InChI=1S/C24H24FN7O2/c1-16-20(5-6-22(25)21(16)11-26)23-13-30-7-8-31(12-19(30)14-34-23)24(33)10-17-3-2-4-18(9-17)32-15-27-28-29-32/h2-6,9,15,19,23H,7-8,10,12-14H2,1H3/t19-,23+/m1/s1. The minimum absolute atomic E-state index is 0.0720. The Morgan fingerprint density at radius 1 is 1.26 bits per heavy atom. The van der Waals surface area contributed by atoms with Crippen molar-refractivity contribution in [3.05, 3.63) is 70.8 Å². The van der Waals surface area contributed by atoms with Gasteiger partial charge in [0.25, 0.3) is 0 Å². The summed E-state index contributed by atoms with van der Waals surface area (Å²) in [4.78, 5) is 17.2. The normalized spacial score (nSPS) is 20.6. The Labute approximate surface area is 196 Å². The van der Waals surface area contributed by atoms with Crippen molar-refractivity contribution in [2.75, 3.05) is 32.8 Å². The molecule has 0 radical (unpaired) electrons. The van der Waals surface area contributed by atoms with Crippen LogP contribution in [0.1, 0.15) is 28.4 Å². The van der Waals surface area contributed by atoms with Crippen LogP contribution < -0.4 is 0 Å². The summed E-state index contributed by atoms with van der Waals surface area (Å²) >= 11 is 0. The maximum absolute atomic E-state index is 13.9. The second kappa shape index (κ2) is 9.29. The third kappa shape index (κ3) is 4.27. The molecule has 3 aromatic rings. The molecule has 0 spiro atoms. The fourth-order valence-electron chi connectivity index (χ4n) is 4.75. The highest BCUT2D eigenvalue weighted by Crippen LogP contribution is 2.31. The number of tetrazole rings is 1. The van der Waals surface area contributed by atoms with Crippen LogP contribution in [0.2, 0.25) is 0 Å². The van der Waals surface area contributed by atoms with Gasteiger partial charge in [-0.2, -0.15) is 5.26 Å². The van der Waals surface area contributed by atoms with E-state index in [2.05, 4.69) is 20.4 Å². The maximum atomic E-state index is 13.9. The molecule has 9 nitrogen and oxygen atoms in total. The molecule has 2 fully saturated rings. The minimum Gasteiger partial charge on any atom is -0.370 e. The van der Waals surface area contributed by atoms with Crippen molar-refractivity contribution in [1.29, 1.82) is 5.26 Å². The van der Waals surface area contributed by atoms with Gasteiger partial charge < -0.3 is 9.64 Å². The zero-order valence-corrected chi connectivity index (χ0v) is 18.8. The quantitative estimate of drug-likeness (QED) is 0.584. The van der Waals surface area contributed by atoms with E-state index in [-0.39, 0.29) is 23.6 Å². The van der Waals surface area contributed by atoms with E-state index in [1.54, 1.807) is 17.7 Å². The summed E-state index contributed by atoms with van der Waals surface area (Å²) in [6, 6.07) is 12.7. The number of carbonyl (C=O) groups is 1. The molecule has 2 aliphatic heterocycles. The Bertz CT molecular complexity index is 1240. The first-order valence-electron chi connectivity index (χ1n) is 11.2. The lowest BCUT2D eigenvalue weighted by Crippen LogP contribution is -2.59. The second-order valence-corrected chi connectivity index (χ2v) is 8.66. The highest BCUT2D eigenvalue weighted by molar-refractivity contribution is 5.79. The minimum atomic E-state index is -0.506. The molecule has 10 heteroatoms. The van der Waals surface area contributed by atoms with Gasteiger partial charge in [0, 0.05) is 26.2 Å². The van der Waals surface area contributed by atoms with Crippen molar-refractivity contribution in [3.63, 3.8) is 0 Å². The second-order valence-electron chi connectivity index (χ2n) is 8.66. The summed E-state index contributed by atoms with van der Waals surface area (Å²) < 4.78 is 21.6. The van der Waals surface area contributed by atoms with Crippen LogP contribution in [0, 0.1) is 24.1 Å². The van der Waals surface area contributed by atoms with Crippen LogP contribution >= 0.6 is 0 Å². The number of ether oxygens (including phenoxy) is 1. The summed E-state index contributed by atoms with van der Waals surface area (Å²) in [5.74, 6) is -0.434. The number of nitriles is 1. The molecular formula is C24H24FN7O2. The average molecular weight is 462 g/mol. The number of carbonyl (C=O) groups excluding carboxylic acids is 1. The molecule has 5 rings (SSSR count). The van der Waals surface area contributed by atoms with Gasteiger partial charge in [0.15, 0.2) is 0 Å². The van der Waals surface area contributed by atoms with Crippen molar-refractivity contribution in [1.82, 2.24) is 30.0 Å². The van der Waals surface area contributed by atoms with E-state index < -0.39 is 5.82 Å². The van der Waals surface area contributed by atoms with Gasteiger partial charge >= 0.3 is 0 Å². The molecule has 0 bridgehead atoms. The monoisotopic (exact) mass is 461 g/mol. The summed E-state index contributed by atoms with van der Waals surface area (Å²) in [5.41, 5.74) is 3.26. The van der Waals surface area contributed by atoms with Gasteiger partial charge in [-0.15, -0.1) is 5.10 Å². The summed E-state index contributed by atoms with van der Waals surface area (Å²) in [6.45, 7) is 4.87. The smallest absolute Gasteiger partial charge is 0.227 e. The molecule has 174 valence electrons. The molecule has 2 atom stereocenters. The molecule has 2 aliphatic rings. The molecule has 0 unspecified atom stereocenters. The average Bonchev–Trinajstić information content (AvgIpc) is 3.39. The number of nitrogens with zero attached hydrogens (tertiary/aromatic N) is 7. The Morgan fingerprint density at radius 2 is 2.15 bits per heavy atom. The largest absolute Gasteiger partial charge is 0.370 e. The number of rotatable bonds is 4. The fourth-order valence-corrected chi connectivity index (χ4v) is 4.75. The topological polar surface area (TPSA) is 100 Å². The van der Waals surface area contributed by atoms with Crippen LogP contribution in [0.5, 0.6) is 0 Å². The first-order valence-corrected chi connectivity index (χ1v) is 11.2. The predicted octanol–water partition coefficient (Wildman–Crippen LogP) is 1.81. The zero-order valence-electron chi connectivity index (χ0n) is 18.8. The molecule has 0 saturated carbocycles. The summed E-state index contributed by atoms with van der Waals surface area (Å²) in [6.07, 6.45) is 1.60. The van der Waals surface area contributed by atoms with E-state index in [9.17, 15) is 14.4 Å². The van der Waals surface area contributed by atoms with Gasteiger partial charge in [-0.05, 0) is 52.2 Å². The SMILES string of the molecule is Cc1c([C@@H]2CN3CCN(C(=O)Cc4cccc(-n5cnnn5)c4)C[C@@H]3CO2)ccc(F)c1C#N. The summed E-state index contributed by atoms with van der Waals surface area (Å²) in [7, 11) is 0. The van der Waals surface area contributed by atoms with Crippen LogP contribution in [0.25, 0.3) is 5.69 Å². The maximum Gasteiger partial charge on any atom is 0.227 e. The number of morpholine rings is 1. The van der Waals surface area contributed by atoms with E-state index >= 15 is 0 Å². The first-order chi connectivity index (χ1) is 16.5. The number of fused-ring (bicyclic) bond motifs is 1. The lowest BCUT2D eigenvalue weighted by molar-refractivity contribution is -0.139. The number of benzene rings is 2. The van der Waals surface area contributed by atoms with Crippen molar-refractivity contribution in [2.24, 2.45) is 0 Å². The molecule has 0 N–H and O–H groups in total. The van der Waals surface area contributed by atoms with Crippen LogP contribution in [-0.4, -0.2) is 74.7 Å². The van der Waals surface area contributed by atoms with Crippen molar-refractivity contribution < 1.29 is 13.9 Å². The van der Waals surface area contributed by atoms with Crippen molar-refractivity contribution in [2.45, 2.75) is 25.5 Å². The van der Waals surface area contributed by atoms with Crippen LogP contribution in [-0.2, 0) is 16.0 Å². The predicted molar refractivity (Wildman–Crippen MR) is 119 cm³/mol. The first kappa shape index (κ1) is 22.1. The highest BCUT2D eigenvalue weighted by Gasteiger charge is 2.36. The van der Waals surface area contributed by atoms with Crippen LogP contribution in [0.4, 0.5) is 4.39 Å². The van der Waals surface area contributed by atoms with Crippen molar-refractivity contribution in [3.8, 4) is 11.8 Å². The van der Waals surface area contributed by atoms with Gasteiger partial charge in [-0.25, -0.2) is 9.07 Å². The zero-order chi connectivity index (χ0) is 23.7. The van der Waals surface area contributed by atoms with Gasteiger partial charge in [0.2, 0.25) is 5.91 Å². The van der Waals surface area contributed by atoms with E-state index in [1.807, 2.05) is 35.2 Å². The molecule has 1 amide bonds. The Kier molecular flexibility index (Phi) is 6.04. The molecule has 2 saturated heterocycles. The van der Waals surface area contributed by atoms with Gasteiger partial charge in [-0.3, -0.25) is 9.69 Å². The van der Waals surface area contributed by atoms with E-state index in [4.69, 9.17) is 4.74 Å². The Morgan fingerprint density at radius 3 is 2.94 bits per heavy atom. The van der Waals surface area contributed by atoms with E-state index in [0.29, 0.717) is 38.2 Å². The third-order valence-corrected chi connectivity index (χ3v) is 6.64. The van der Waals surface area contributed by atoms with E-state index in [1.165, 1.54) is 12.4 Å². The molecule has 0 aliphatic carbocycles. The fraction of sp³-hybridized carbons (Fsp3) is 0.375. The molecule has 34 heavy (non-hydrogen) atoms. The lowest BCUT2D eigenvalue weighted by Gasteiger charge is -2.46. The van der Waals surface area contributed by atoms with E-state index in [0.717, 1.165) is 23.4 Å².